The second-order valence-electron chi connectivity index (χ2n) is 6.04. The van der Waals surface area contributed by atoms with Crippen LogP contribution in [0.5, 0.6) is 5.75 Å². The minimum absolute atomic E-state index is 0. The van der Waals surface area contributed by atoms with Gasteiger partial charge in [-0.25, -0.2) is 0 Å². The van der Waals surface area contributed by atoms with Gasteiger partial charge in [0.05, 0.1) is 28.4 Å². The van der Waals surface area contributed by atoms with Crippen LogP contribution in [0.2, 0.25) is 5.02 Å². The third-order valence-electron chi connectivity index (χ3n) is 3.97. The maximum absolute atomic E-state index is 10.9. The summed E-state index contributed by atoms with van der Waals surface area (Å²) in [6.07, 6.45) is 0. The first kappa shape index (κ1) is 24.1. The zero-order chi connectivity index (χ0) is 21.0. The Morgan fingerprint density at radius 1 is 1.23 bits per heavy atom. The van der Waals surface area contributed by atoms with Crippen molar-refractivity contribution in [1.29, 1.82) is 0 Å². The summed E-state index contributed by atoms with van der Waals surface area (Å²) in [7, 11) is 0. The number of aliphatic carboxylic acids is 1. The molecule has 0 aliphatic rings. The van der Waals surface area contributed by atoms with E-state index in [-0.39, 0.29) is 25.6 Å². The second-order valence-corrected chi connectivity index (χ2v) is 7.22. The van der Waals surface area contributed by atoms with Gasteiger partial charge < -0.3 is 25.3 Å². The number of nitrogens with zero attached hydrogens (tertiary/aromatic N) is 1. The van der Waals surface area contributed by atoms with Gasteiger partial charge in [0.25, 0.3) is 0 Å². The minimum atomic E-state index is -1.23. The van der Waals surface area contributed by atoms with Crippen molar-refractivity contribution in [2.24, 2.45) is 0 Å². The molecule has 0 aliphatic heterocycles. The Balaban J connectivity index is 0.00000320. The van der Waals surface area contributed by atoms with Crippen molar-refractivity contribution in [2.45, 2.75) is 13.0 Å². The van der Waals surface area contributed by atoms with Gasteiger partial charge in [0.1, 0.15) is 5.75 Å². The third-order valence-corrected chi connectivity index (χ3v) is 4.86. The maximum Gasteiger partial charge on any atom is 1.00 e. The number of carboxylic acid groups (broad SMARTS) is 1. The van der Waals surface area contributed by atoms with Crippen LogP contribution in [-0.2, 0) is 4.79 Å². The maximum atomic E-state index is 10.9. The molecule has 0 aliphatic carbocycles. The average molecular weight is 458 g/mol. The fraction of sp³-hybridized carbons (Fsp3) is 0.167. The average Bonchev–Trinajstić information content (AvgIpc) is 3.02. The summed E-state index contributed by atoms with van der Waals surface area (Å²) in [6.45, 7) is 1.64. The molecule has 0 spiro atoms. The van der Waals surface area contributed by atoms with E-state index in [4.69, 9.17) is 40.8 Å². The number of nitrogens with one attached hydrogen (secondary N) is 4. The topological polar surface area (TPSA) is 110 Å². The second kappa shape index (κ2) is 10.7. The number of aromatic amines is 2. The molecule has 1 aromatic heterocycles. The number of aromatic nitrogens is 3. The summed E-state index contributed by atoms with van der Waals surface area (Å²) in [6, 6.07) is 11.6. The van der Waals surface area contributed by atoms with Crippen LogP contribution < -0.4 is 39.3 Å². The molecule has 0 radical (unpaired) electrons. The van der Waals surface area contributed by atoms with Gasteiger partial charge in [-0.15, -0.1) is 0 Å². The van der Waals surface area contributed by atoms with Crippen LogP contribution in [0, 0.1) is 9.54 Å². The zero-order valence-corrected chi connectivity index (χ0v) is 18.6. The SMILES string of the molecule is CC(Nc1cc(OCNc2cccc(-n3c(=S)[nH][nH]c3=S)c2)ccc1Cl)C(=O)[O-].[Li+]. The Morgan fingerprint density at radius 3 is 2.60 bits per heavy atom. The Morgan fingerprint density at radius 2 is 1.93 bits per heavy atom. The summed E-state index contributed by atoms with van der Waals surface area (Å²) < 4.78 is 8.33. The van der Waals surface area contributed by atoms with Gasteiger partial charge in [0.2, 0.25) is 0 Å². The third kappa shape index (κ3) is 5.90. The summed E-state index contributed by atoms with van der Waals surface area (Å²) in [5.74, 6) is -0.710. The molecule has 1 heterocycles. The standard InChI is InChI=1S/C18H18ClN5O3S2.Li/c1-10(16(25)26)21-15-8-13(5-6-14(15)19)27-9-20-11-3-2-4-12(7-11)24-17(28)22-23-18(24)29;/h2-8,10,20-21H,9H2,1H3,(H,22,28)(H,23,29)(H,25,26);/q;+1/p-1. The monoisotopic (exact) mass is 457 g/mol. The number of rotatable bonds is 8. The molecule has 8 nitrogen and oxygen atoms in total. The molecule has 3 aromatic rings. The van der Waals surface area contributed by atoms with Gasteiger partial charge in [-0.1, -0.05) is 17.7 Å². The van der Waals surface area contributed by atoms with E-state index in [1.165, 1.54) is 6.92 Å². The van der Waals surface area contributed by atoms with Crippen LogP contribution in [0.25, 0.3) is 5.69 Å². The summed E-state index contributed by atoms with van der Waals surface area (Å²) in [5, 5.41) is 22.8. The molecule has 0 fully saturated rings. The van der Waals surface area contributed by atoms with Gasteiger partial charge in [-0.3, -0.25) is 14.8 Å². The first-order chi connectivity index (χ1) is 13.8. The van der Waals surface area contributed by atoms with E-state index >= 15 is 0 Å². The summed E-state index contributed by atoms with van der Waals surface area (Å²) in [5.41, 5.74) is 2.05. The smallest absolute Gasteiger partial charge is 0.548 e. The van der Waals surface area contributed by atoms with E-state index in [1.54, 1.807) is 22.8 Å². The number of H-pyrrole nitrogens is 2. The number of carbonyl (C=O) groups excluding carboxylic acids is 1. The van der Waals surface area contributed by atoms with E-state index in [0.717, 1.165) is 11.4 Å². The van der Waals surface area contributed by atoms with E-state index in [9.17, 15) is 9.90 Å². The molecule has 1 unspecified atom stereocenters. The molecular formula is C18H17ClLiN5O3S2. The quantitative estimate of drug-likeness (QED) is 0.218. The molecule has 0 amide bonds. The van der Waals surface area contributed by atoms with Crippen molar-refractivity contribution in [2.75, 3.05) is 17.4 Å². The van der Waals surface area contributed by atoms with Gasteiger partial charge >= 0.3 is 18.9 Å². The predicted molar refractivity (Wildman–Crippen MR) is 115 cm³/mol. The molecule has 0 saturated heterocycles. The van der Waals surface area contributed by atoms with Crippen molar-refractivity contribution in [1.82, 2.24) is 14.8 Å². The molecule has 1 atom stereocenters. The molecular weight excluding hydrogens is 441 g/mol. The Kier molecular flexibility index (Phi) is 8.58. The number of benzene rings is 2. The molecule has 3 rings (SSSR count). The van der Waals surface area contributed by atoms with Crippen LogP contribution in [0.1, 0.15) is 6.92 Å². The van der Waals surface area contributed by atoms with Gasteiger partial charge in [-0.05, 0) is 61.7 Å². The molecule has 12 heteroatoms. The van der Waals surface area contributed by atoms with E-state index < -0.39 is 12.0 Å². The Labute approximate surface area is 199 Å². The molecule has 0 saturated carbocycles. The largest absolute Gasteiger partial charge is 1.00 e. The molecule has 30 heavy (non-hydrogen) atoms. The van der Waals surface area contributed by atoms with Crippen molar-refractivity contribution in [3.8, 4) is 11.4 Å². The van der Waals surface area contributed by atoms with Crippen LogP contribution in [0.15, 0.2) is 42.5 Å². The van der Waals surface area contributed by atoms with E-state index in [0.29, 0.717) is 26.0 Å². The molecule has 2 aromatic carbocycles. The van der Waals surface area contributed by atoms with Crippen LogP contribution in [0.3, 0.4) is 0 Å². The number of anilines is 2. The molecule has 0 bridgehead atoms. The Bertz CT molecular complexity index is 1120. The van der Waals surface area contributed by atoms with E-state index in [2.05, 4.69) is 20.8 Å². The predicted octanol–water partition coefficient (Wildman–Crippen LogP) is 0.249. The van der Waals surface area contributed by atoms with Crippen molar-refractivity contribution >= 4 is 53.4 Å². The van der Waals surface area contributed by atoms with Crippen LogP contribution in [0.4, 0.5) is 11.4 Å². The Hall–Kier alpha value is -2.22. The minimum Gasteiger partial charge on any atom is -0.548 e. The van der Waals surface area contributed by atoms with E-state index in [1.807, 2.05) is 24.3 Å². The number of halogens is 1. The first-order valence-corrected chi connectivity index (χ1v) is 9.68. The van der Waals surface area contributed by atoms with Gasteiger partial charge in [0, 0.05) is 11.8 Å². The summed E-state index contributed by atoms with van der Waals surface area (Å²) >= 11 is 16.5. The fourth-order valence-electron chi connectivity index (χ4n) is 2.50. The van der Waals surface area contributed by atoms with Crippen LogP contribution >= 0.6 is 36.0 Å². The zero-order valence-electron chi connectivity index (χ0n) is 16.2. The van der Waals surface area contributed by atoms with Crippen molar-refractivity contribution in [3.05, 3.63) is 57.0 Å². The molecule has 152 valence electrons. The van der Waals surface area contributed by atoms with Gasteiger partial charge in [-0.2, -0.15) is 0 Å². The number of hydrogen-bond acceptors (Lipinski definition) is 7. The number of carboxylic acids is 1. The number of hydrogen-bond donors (Lipinski definition) is 4. The fourth-order valence-corrected chi connectivity index (χ4v) is 3.23. The van der Waals surface area contributed by atoms with Crippen molar-refractivity contribution in [3.63, 3.8) is 0 Å². The van der Waals surface area contributed by atoms with Gasteiger partial charge in [0.15, 0.2) is 16.3 Å². The van der Waals surface area contributed by atoms with Crippen molar-refractivity contribution < 1.29 is 33.5 Å². The summed E-state index contributed by atoms with van der Waals surface area (Å²) in [4.78, 5) is 10.9. The first-order valence-electron chi connectivity index (χ1n) is 8.49. The molecule has 4 N–H and O–H groups in total. The number of ether oxygens (including phenoxy) is 1. The van der Waals surface area contributed by atoms with Crippen LogP contribution in [-0.4, -0.2) is 33.5 Å². The normalized spacial score (nSPS) is 11.3. The number of carbonyl (C=O) groups is 1.